The quantitative estimate of drug-likeness (QED) is 0.379. The molecule has 3 aromatic rings. The molecule has 3 aromatic carbocycles. The van der Waals surface area contributed by atoms with Crippen LogP contribution in [0.5, 0.6) is 11.5 Å². The summed E-state index contributed by atoms with van der Waals surface area (Å²) >= 11 is 15.3. The van der Waals surface area contributed by atoms with Crippen molar-refractivity contribution in [1.29, 1.82) is 0 Å². The molecule has 0 aliphatic carbocycles. The van der Waals surface area contributed by atoms with Crippen LogP contribution in [0, 0.1) is 0 Å². The zero-order chi connectivity index (χ0) is 24.2. The van der Waals surface area contributed by atoms with Gasteiger partial charge in [-0.15, -0.1) is 0 Å². The van der Waals surface area contributed by atoms with Crippen LogP contribution in [0.25, 0.3) is 0 Å². The molecule has 0 fully saturated rings. The van der Waals surface area contributed by atoms with E-state index >= 15 is 0 Å². The van der Waals surface area contributed by atoms with Crippen molar-refractivity contribution < 1.29 is 22.7 Å². The van der Waals surface area contributed by atoms with Gasteiger partial charge in [-0.1, -0.05) is 23.2 Å². The van der Waals surface area contributed by atoms with Gasteiger partial charge in [-0.05, 0) is 70.5 Å². The van der Waals surface area contributed by atoms with Gasteiger partial charge < -0.3 is 14.8 Å². The summed E-state index contributed by atoms with van der Waals surface area (Å²) in [6.07, 6.45) is 0. The predicted octanol–water partition coefficient (Wildman–Crippen LogP) is 5.61. The maximum Gasteiger partial charge on any atom is 0.264 e. The van der Waals surface area contributed by atoms with Crippen molar-refractivity contribution in [3.05, 3.63) is 75.2 Å². The Morgan fingerprint density at radius 3 is 2.24 bits per heavy atom. The van der Waals surface area contributed by atoms with Crippen molar-refractivity contribution in [3.8, 4) is 11.5 Å². The van der Waals surface area contributed by atoms with Gasteiger partial charge in [0.05, 0.1) is 29.8 Å². The summed E-state index contributed by atoms with van der Waals surface area (Å²) in [5, 5.41) is 3.49. The average Bonchev–Trinajstić information content (AvgIpc) is 2.80. The third-order valence-corrected chi connectivity index (χ3v) is 7.80. The van der Waals surface area contributed by atoms with Gasteiger partial charge in [0.25, 0.3) is 10.0 Å². The number of amides is 1. The molecule has 0 aromatic heterocycles. The van der Waals surface area contributed by atoms with E-state index in [1.54, 1.807) is 30.3 Å². The summed E-state index contributed by atoms with van der Waals surface area (Å²) in [6, 6.07) is 15.2. The molecule has 3 rings (SSSR count). The van der Waals surface area contributed by atoms with Gasteiger partial charge in [-0.25, -0.2) is 8.42 Å². The Hall–Kier alpha value is -2.46. The van der Waals surface area contributed by atoms with Crippen molar-refractivity contribution >= 4 is 66.4 Å². The van der Waals surface area contributed by atoms with E-state index < -0.39 is 22.5 Å². The highest BCUT2D eigenvalue weighted by molar-refractivity contribution is 9.10. The number of carbonyl (C=O) groups excluding carboxylic acids is 1. The molecule has 1 amide bonds. The first-order chi connectivity index (χ1) is 15.6. The number of rotatable bonds is 8. The molecule has 0 unspecified atom stereocenters. The minimum atomic E-state index is -4.17. The molecule has 0 radical (unpaired) electrons. The van der Waals surface area contributed by atoms with Crippen LogP contribution in [0.3, 0.4) is 0 Å². The fourth-order valence-electron chi connectivity index (χ4n) is 2.93. The normalized spacial score (nSPS) is 11.1. The highest BCUT2D eigenvalue weighted by atomic mass is 79.9. The van der Waals surface area contributed by atoms with Crippen molar-refractivity contribution in [2.75, 3.05) is 30.4 Å². The number of hydrogen-bond acceptors (Lipinski definition) is 5. The Morgan fingerprint density at radius 2 is 1.64 bits per heavy atom. The van der Waals surface area contributed by atoms with E-state index in [1.165, 1.54) is 44.6 Å². The zero-order valence-electron chi connectivity index (χ0n) is 17.5. The summed E-state index contributed by atoms with van der Waals surface area (Å²) in [7, 11) is -1.31. The molecule has 11 heteroatoms. The maximum absolute atomic E-state index is 13.6. The van der Waals surface area contributed by atoms with Gasteiger partial charge in [0.15, 0.2) is 11.5 Å². The SMILES string of the molecule is COc1ccc(S(=O)(=O)N(CC(=O)Nc2ccc(Br)c(Cl)c2)c2ccc(Cl)cc2)cc1OC. The first-order valence-electron chi connectivity index (χ1n) is 9.41. The zero-order valence-corrected chi connectivity index (χ0v) is 21.4. The first kappa shape index (κ1) is 25.2. The maximum atomic E-state index is 13.6. The van der Waals surface area contributed by atoms with Crippen LogP contribution in [0.15, 0.2) is 70.0 Å². The second-order valence-electron chi connectivity index (χ2n) is 6.68. The highest BCUT2D eigenvalue weighted by Crippen LogP contribution is 2.32. The molecule has 7 nitrogen and oxygen atoms in total. The molecule has 33 heavy (non-hydrogen) atoms. The topological polar surface area (TPSA) is 84.9 Å². The van der Waals surface area contributed by atoms with Gasteiger partial charge in [0, 0.05) is 21.2 Å². The van der Waals surface area contributed by atoms with Gasteiger partial charge in [-0.3, -0.25) is 9.10 Å². The van der Waals surface area contributed by atoms with Crippen molar-refractivity contribution in [1.82, 2.24) is 0 Å². The van der Waals surface area contributed by atoms with E-state index in [2.05, 4.69) is 21.2 Å². The second kappa shape index (κ2) is 10.6. The largest absolute Gasteiger partial charge is 0.493 e. The Morgan fingerprint density at radius 1 is 0.970 bits per heavy atom. The molecule has 174 valence electrons. The number of sulfonamides is 1. The van der Waals surface area contributed by atoms with Crippen LogP contribution in [0.2, 0.25) is 10.0 Å². The Kier molecular flexibility index (Phi) is 8.12. The van der Waals surface area contributed by atoms with Crippen molar-refractivity contribution in [2.24, 2.45) is 0 Å². The monoisotopic (exact) mass is 572 g/mol. The van der Waals surface area contributed by atoms with Crippen LogP contribution in [0.4, 0.5) is 11.4 Å². The number of nitrogens with one attached hydrogen (secondary N) is 1. The highest BCUT2D eigenvalue weighted by Gasteiger charge is 2.28. The van der Waals surface area contributed by atoms with E-state index in [9.17, 15) is 13.2 Å². The van der Waals surface area contributed by atoms with Gasteiger partial charge in [-0.2, -0.15) is 0 Å². The number of methoxy groups -OCH3 is 2. The Labute approximate surface area is 210 Å². The van der Waals surface area contributed by atoms with Crippen LogP contribution >= 0.6 is 39.1 Å². The molecule has 0 bridgehead atoms. The molecule has 1 N–H and O–H groups in total. The van der Waals surface area contributed by atoms with E-state index in [0.717, 1.165) is 4.31 Å². The van der Waals surface area contributed by atoms with Crippen molar-refractivity contribution in [3.63, 3.8) is 0 Å². The number of nitrogens with zero attached hydrogens (tertiary/aromatic N) is 1. The molecule has 0 aliphatic heterocycles. The summed E-state index contributed by atoms with van der Waals surface area (Å²) in [5.41, 5.74) is 0.686. The number of hydrogen-bond donors (Lipinski definition) is 1. The molecule has 0 saturated carbocycles. The molecular formula is C22H19BrCl2N2O5S. The van der Waals surface area contributed by atoms with Crippen LogP contribution in [-0.4, -0.2) is 35.1 Å². The molecule has 0 saturated heterocycles. The summed E-state index contributed by atoms with van der Waals surface area (Å²) < 4.78 is 39.2. The number of carbonyl (C=O) groups is 1. The van der Waals surface area contributed by atoms with Gasteiger partial charge in [0.2, 0.25) is 5.91 Å². The summed E-state index contributed by atoms with van der Waals surface area (Å²) in [6.45, 7) is -0.494. The molecule has 0 aliphatic rings. The minimum Gasteiger partial charge on any atom is -0.493 e. The Bertz CT molecular complexity index is 1270. The smallest absolute Gasteiger partial charge is 0.264 e. The Balaban J connectivity index is 1.98. The van der Waals surface area contributed by atoms with Crippen LogP contribution < -0.4 is 19.1 Å². The minimum absolute atomic E-state index is 0.0745. The van der Waals surface area contributed by atoms with Gasteiger partial charge in [0.1, 0.15) is 6.54 Å². The third-order valence-electron chi connectivity index (χ3n) is 4.55. The lowest BCUT2D eigenvalue weighted by Gasteiger charge is -2.24. The van der Waals surface area contributed by atoms with E-state index in [1.807, 2.05) is 0 Å². The lowest BCUT2D eigenvalue weighted by molar-refractivity contribution is -0.114. The molecule has 0 heterocycles. The van der Waals surface area contributed by atoms with E-state index in [0.29, 0.717) is 26.0 Å². The predicted molar refractivity (Wildman–Crippen MR) is 133 cm³/mol. The van der Waals surface area contributed by atoms with E-state index in [-0.39, 0.29) is 16.3 Å². The molecule has 0 atom stereocenters. The number of halogens is 3. The molecule has 0 spiro atoms. The number of benzene rings is 3. The second-order valence-corrected chi connectivity index (χ2v) is 10.2. The summed E-state index contributed by atoms with van der Waals surface area (Å²) in [4.78, 5) is 12.7. The lowest BCUT2D eigenvalue weighted by atomic mass is 10.3. The summed E-state index contributed by atoms with van der Waals surface area (Å²) in [5.74, 6) is 0.0512. The standard InChI is InChI=1S/C22H19BrCl2N2O5S/c1-31-20-10-8-17(12-21(20)32-2)33(29,30)27(16-6-3-14(24)4-7-16)13-22(28)26-15-5-9-18(23)19(25)11-15/h3-12H,13H2,1-2H3,(H,26,28). The van der Waals surface area contributed by atoms with Crippen LogP contribution in [0.1, 0.15) is 0 Å². The third kappa shape index (κ3) is 5.92. The number of ether oxygens (including phenoxy) is 2. The molecular weight excluding hydrogens is 555 g/mol. The lowest BCUT2D eigenvalue weighted by Crippen LogP contribution is -2.38. The van der Waals surface area contributed by atoms with E-state index in [4.69, 9.17) is 32.7 Å². The van der Waals surface area contributed by atoms with Gasteiger partial charge >= 0.3 is 0 Å². The first-order valence-corrected chi connectivity index (χ1v) is 12.4. The van der Waals surface area contributed by atoms with Crippen molar-refractivity contribution in [2.45, 2.75) is 4.90 Å². The number of anilines is 2. The average molecular weight is 574 g/mol. The fraction of sp³-hybridized carbons (Fsp3) is 0.136. The fourth-order valence-corrected chi connectivity index (χ4v) is 4.92. The van der Waals surface area contributed by atoms with Crippen LogP contribution in [-0.2, 0) is 14.8 Å².